The third kappa shape index (κ3) is 3.98. The third-order valence-corrected chi connectivity index (χ3v) is 6.00. The molecule has 1 fully saturated rings. The molecule has 1 saturated heterocycles. The van der Waals surface area contributed by atoms with Crippen LogP contribution in [0, 0.1) is 5.82 Å². The van der Waals surface area contributed by atoms with Crippen LogP contribution < -0.4 is 10.3 Å². The number of fused-ring (bicyclic) bond motifs is 1. The lowest BCUT2D eigenvalue weighted by Crippen LogP contribution is -2.37. The van der Waals surface area contributed by atoms with Gasteiger partial charge in [-0.1, -0.05) is 11.2 Å². The number of nitrogens with one attached hydrogen (secondary N) is 1. The van der Waals surface area contributed by atoms with Crippen LogP contribution in [0.15, 0.2) is 39.8 Å². The molecule has 2 N–H and O–H groups in total. The molecule has 0 unspecified atom stereocenters. The Labute approximate surface area is 191 Å². The summed E-state index contributed by atoms with van der Waals surface area (Å²) in [5.41, 5.74) is 1.94. The molecule has 4 aromatic rings. The highest BCUT2D eigenvalue weighted by atomic mass is 19.1. The second kappa shape index (κ2) is 8.61. The number of carboxylic acid groups (broad SMARTS) is 1. The zero-order valence-corrected chi connectivity index (χ0v) is 18.2. The van der Waals surface area contributed by atoms with E-state index in [2.05, 4.69) is 20.2 Å². The Morgan fingerprint density at radius 1 is 1.32 bits per heavy atom. The standard InChI is InChI=1S/C22H21FN6O5/c1-33-17-3-2-12(8-15(17)23)9-19-26-20(27-34-19)14-11-24-29-16(10-18(30)25-21(14)29)13-4-6-28(7-5-13)22(31)32/h2-3,8,10-11,13H,4-7,9H2,1H3,(H,25,30)(H,31,32). The van der Waals surface area contributed by atoms with Crippen molar-refractivity contribution in [1.82, 2.24) is 29.6 Å². The van der Waals surface area contributed by atoms with Gasteiger partial charge in [0.2, 0.25) is 11.7 Å². The van der Waals surface area contributed by atoms with Crippen molar-refractivity contribution in [2.75, 3.05) is 20.2 Å². The summed E-state index contributed by atoms with van der Waals surface area (Å²) in [5, 5.41) is 17.6. The van der Waals surface area contributed by atoms with Crippen LogP contribution in [0.1, 0.15) is 35.9 Å². The molecule has 176 valence electrons. The largest absolute Gasteiger partial charge is 0.494 e. The van der Waals surface area contributed by atoms with E-state index in [1.165, 1.54) is 30.2 Å². The van der Waals surface area contributed by atoms with Gasteiger partial charge in [-0.05, 0) is 30.5 Å². The van der Waals surface area contributed by atoms with E-state index < -0.39 is 11.9 Å². The van der Waals surface area contributed by atoms with Gasteiger partial charge in [-0.3, -0.25) is 4.79 Å². The Balaban J connectivity index is 1.42. The maximum Gasteiger partial charge on any atom is 0.407 e. The Morgan fingerprint density at radius 3 is 2.82 bits per heavy atom. The first-order valence-electron chi connectivity index (χ1n) is 10.7. The molecule has 0 bridgehead atoms. The summed E-state index contributed by atoms with van der Waals surface area (Å²) in [4.78, 5) is 32.2. The molecule has 0 saturated carbocycles. The van der Waals surface area contributed by atoms with Gasteiger partial charge in [-0.2, -0.15) is 10.1 Å². The summed E-state index contributed by atoms with van der Waals surface area (Å²) >= 11 is 0. The molecule has 0 atom stereocenters. The predicted molar refractivity (Wildman–Crippen MR) is 116 cm³/mol. The van der Waals surface area contributed by atoms with Gasteiger partial charge in [0, 0.05) is 25.1 Å². The number of nitrogens with zero attached hydrogens (tertiary/aromatic N) is 5. The van der Waals surface area contributed by atoms with E-state index in [-0.39, 0.29) is 35.4 Å². The summed E-state index contributed by atoms with van der Waals surface area (Å²) in [6, 6.07) is 6.07. The molecule has 0 aliphatic carbocycles. The fourth-order valence-corrected chi connectivity index (χ4v) is 4.26. The minimum atomic E-state index is -0.943. The van der Waals surface area contributed by atoms with Gasteiger partial charge in [-0.25, -0.2) is 13.7 Å². The quantitative estimate of drug-likeness (QED) is 0.456. The van der Waals surface area contributed by atoms with Crippen LogP contribution in [0.25, 0.3) is 17.0 Å². The topological polar surface area (TPSA) is 139 Å². The van der Waals surface area contributed by atoms with Crippen molar-refractivity contribution in [3.05, 3.63) is 63.8 Å². The van der Waals surface area contributed by atoms with Crippen LogP contribution in [-0.4, -0.2) is 61.0 Å². The normalized spacial score (nSPS) is 14.6. The molecule has 3 aromatic heterocycles. The van der Waals surface area contributed by atoms with Gasteiger partial charge in [-0.15, -0.1) is 0 Å². The van der Waals surface area contributed by atoms with Crippen LogP contribution in [-0.2, 0) is 6.42 Å². The minimum Gasteiger partial charge on any atom is -0.494 e. The summed E-state index contributed by atoms with van der Waals surface area (Å²) in [6.07, 6.45) is 2.00. The molecule has 1 amide bonds. The molecular weight excluding hydrogens is 447 g/mol. The summed E-state index contributed by atoms with van der Waals surface area (Å²) in [6.45, 7) is 0.783. The summed E-state index contributed by atoms with van der Waals surface area (Å²) in [5.74, 6) is 0.168. The summed E-state index contributed by atoms with van der Waals surface area (Å²) < 4.78 is 25.9. The number of piperidine rings is 1. The van der Waals surface area contributed by atoms with Crippen LogP contribution in [0.3, 0.4) is 0 Å². The molecular formula is C22H21FN6O5. The van der Waals surface area contributed by atoms with Gasteiger partial charge in [0.1, 0.15) is 5.65 Å². The lowest BCUT2D eigenvalue weighted by atomic mass is 9.93. The third-order valence-electron chi connectivity index (χ3n) is 6.00. The molecule has 0 radical (unpaired) electrons. The molecule has 1 aromatic carbocycles. The van der Waals surface area contributed by atoms with Gasteiger partial charge in [0.05, 0.1) is 31.0 Å². The number of methoxy groups -OCH3 is 1. The van der Waals surface area contributed by atoms with E-state index in [0.717, 1.165) is 0 Å². The monoisotopic (exact) mass is 468 g/mol. The van der Waals surface area contributed by atoms with Crippen molar-refractivity contribution >= 4 is 11.7 Å². The van der Waals surface area contributed by atoms with Gasteiger partial charge >= 0.3 is 6.09 Å². The molecule has 5 rings (SSSR count). The average Bonchev–Trinajstić information content (AvgIpc) is 3.45. The lowest BCUT2D eigenvalue weighted by molar-refractivity contribution is 0.131. The number of H-pyrrole nitrogens is 1. The smallest absolute Gasteiger partial charge is 0.407 e. The fraction of sp³-hybridized carbons (Fsp3) is 0.318. The molecule has 1 aliphatic rings. The number of aromatic nitrogens is 5. The number of rotatable bonds is 5. The lowest BCUT2D eigenvalue weighted by Gasteiger charge is -2.30. The van der Waals surface area contributed by atoms with Crippen LogP contribution >= 0.6 is 0 Å². The van der Waals surface area contributed by atoms with E-state index in [4.69, 9.17) is 9.26 Å². The number of hydrogen-bond donors (Lipinski definition) is 2. The second-order valence-corrected chi connectivity index (χ2v) is 8.08. The number of carbonyl (C=O) groups is 1. The van der Waals surface area contributed by atoms with Crippen molar-refractivity contribution in [2.45, 2.75) is 25.2 Å². The van der Waals surface area contributed by atoms with Crippen LogP contribution in [0.4, 0.5) is 9.18 Å². The number of likely N-dealkylation sites (tertiary alicyclic amines) is 1. The number of ether oxygens (including phenoxy) is 1. The zero-order valence-electron chi connectivity index (χ0n) is 18.2. The SMILES string of the molecule is COc1ccc(Cc2nc(-c3cnn4c(C5CCN(C(=O)O)CC5)cc(=O)[nH]c34)no2)cc1F. The van der Waals surface area contributed by atoms with E-state index in [0.29, 0.717) is 48.4 Å². The molecule has 12 heteroatoms. The number of halogens is 1. The highest BCUT2D eigenvalue weighted by Crippen LogP contribution is 2.29. The van der Waals surface area contributed by atoms with Crippen molar-refractivity contribution in [2.24, 2.45) is 0 Å². The minimum absolute atomic E-state index is 0.0149. The average molecular weight is 468 g/mol. The zero-order chi connectivity index (χ0) is 23.8. The number of benzene rings is 1. The summed E-state index contributed by atoms with van der Waals surface area (Å²) in [7, 11) is 1.40. The van der Waals surface area contributed by atoms with Gasteiger partial charge in [0.25, 0.3) is 5.56 Å². The van der Waals surface area contributed by atoms with E-state index in [1.54, 1.807) is 16.8 Å². The number of amides is 1. The van der Waals surface area contributed by atoms with Gasteiger partial charge in [0.15, 0.2) is 11.6 Å². The van der Waals surface area contributed by atoms with Gasteiger partial charge < -0.3 is 24.3 Å². The number of aromatic amines is 1. The van der Waals surface area contributed by atoms with Crippen LogP contribution in [0.2, 0.25) is 0 Å². The fourth-order valence-electron chi connectivity index (χ4n) is 4.26. The Morgan fingerprint density at radius 2 is 2.12 bits per heavy atom. The second-order valence-electron chi connectivity index (χ2n) is 8.08. The highest BCUT2D eigenvalue weighted by molar-refractivity contribution is 5.72. The van der Waals surface area contributed by atoms with Crippen LogP contribution in [0.5, 0.6) is 5.75 Å². The molecule has 11 nitrogen and oxygen atoms in total. The van der Waals surface area contributed by atoms with E-state index in [9.17, 15) is 19.1 Å². The van der Waals surface area contributed by atoms with E-state index in [1.807, 2.05) is 0 Å². The van der Waals surface area contributed by atoms with Crippen molar-refractivity contribution in [3.63, 3.8) is 0 Å². The number of hydrogen-bond acceptors (Lipinski definition) is 7. The maximum absolute atomic E-state index is 14.0. The Kier molecular flexibility index (Phi) is 5.48. The van der Waals surface area contributed by atoms with Crippen molar-refractivity contribution < 1.29 is 23.6 Å². The first-order chi connectivity index (χ1) is 16.4. The maximum atomic E-state index is 14.0. The van der Waals surface area contributed by atoms with Crippen molar-refractivity contribution in [1.29, 1.82) is 0 Å². The molecule has 1 aliphatic heterocycles. The highest BCUT2D eigenvalue weighted by Gasteiger charge is 2.27. The molecule has 4 heterocycles. The van der Waals surface area contributed by atoms with E-state index >= 15 is 0 Å². The first-order valence-corrected chi connectivity index (χ1v) is 10.7. The predicted octanol–water partition coefficient (Wildman–Crippen LogP) is 2.67. The Bertz CT molecular complexity index is 1420. The molecule has 34 heavy (non-hydrogen) atoms. The first kappa shape index (κ1) is 21.6. The van der Waals surface area contributed by atoms with Crippen molar-refractivity contribution in [3.8, 4) is 17.1 Å². The molecule has 0 spiro atoms. The Hall–Kier alpha value is -4.22.